The minimum Gasteiger partial charge on any atom is -0.355 e. The Morgan fingerprint density at radius 1 is 1.00 bits per heavy atom. The number of carbonyl (C=O) groups excluding carboxylic acids is 1. The van der Waals surface area contributed by atoms with Crippen LogP contribution in [-0.4, -0.2) is 27.9 Å². The number of sulfonamides is 1. The number of aryl methyl sites for hydroxylation is 1. The third-order valence-corrected chi connectivity index (χ3v) is 4.96. The van der Waals surface area contributed by atoms with Crippen molar-refractivity contribution in [3.05, 3.63) is 65.2 Å². The molecule has 0 aliphatic heterocycles. The van der Waals surface area contributed by atoms with E-state index in [1.165, 1.54) is 36.9 Å². The Kier molecular flexibility index (Phi) is 5.52. The second kappa shape index (κ2) is 7.39. The van der Waals surface area contributed by atoms with Crippen LogP contribution >= 0.6 is 0 Å². The van der Waals surface area contributed by atoms with E-state index in [0.717, 1.165) is 5.56 Å². The number of nitrogens with one attached hydrogen (secondary N) is 2. The minimum atomic E-state index is -3.57. The summed E-state index contributed by atoms with van der Waals surface area (Å²) in [6, 6.07) is 13.8. The molecule has 0 saturated carbocycles. The molecule has 2 aromatic rings. The third kappa shape index (κ3) is 4.64. The summed E-state index contributed by atoms with van der Waals surface area (Å²) < 4.78 is 27.0. The van der Waals surface area contributed by atoms with Crippen molar-refractivity contribution in [3.8, 4) is 0 Å². The topological polar surface area (TPSA) is 75.3 Å². The van der Waals surface area contributed by atoms with Gasteiger partial charge in [0.15, 0.2) is 0 Å². The first kappa shape index (κ1) is 17.2. The summed E-state index contributed by atoms with van der Waals surface area (Å²) in [6.07, 6.45) is 0.621. The zero-order valence-electron chi connectivity index (χ0n) is 13.2. The molecule has 2 N–H and O–H groups in total. The molecule has 5 nitrogen and oxygen atoms in total. The lowest BCUT2D eigenvalue weighted by Crippen LogP contribution is -2.26. The molecule has 0 atom stereocenters. The Morgan fingerprint density at radius 2 is 1.61 bits per heavy atom. The van der Waals surface area contributed by atoms with Crippen LogP contribution in [-0.2, 0) is 16.4 Å². The van der Waals surface area contributed by atoms with Gasteiger partial charge in [0.1, 0.15) is 0 Å². The lowest BCUT2D eigenvalue weighted by molar-refractivity contribution is 0.0963. The molecule has 6 heteroatoms. The molecule has 0 spiro atoms. The average molecular weight is 332 g/mol. The summed E-state index contributed by atoms with van der Waals surface area (Å²) in [5, 5.41) is 2.49. The lowest BCUT2D eigenvalue weighted by Gasteiger charge is -2.08. The van der Waals surface area contributed by atoms with Crippen LogP contribution < -0.4 is 10.0 Å². The third-order valence-electron chi connectivity index (χ3n) is 3.48. The Bertz CT molecular complexity index is 766. The van der Waals surface area contributed by atoms with E-state index in [0.29, 0.717) is 18.5 Å². The van der Waals surface area contributed by atoms with Crippen LogP contribution in [0.3, 0.4) is 0 Å². The maximum absolute atomic E-state index is 12.2. The van der Waals surface area contributed by atoms with Crippen LogP contribution in [0.2, 0.25) is 0 Å². The van der Waals surface area contributed by atoms with Crippen LogP contribution in [0.4, 0.5) is 0 Å². The van der Waals surface area contributed by atoms with Crippen LogP contribution in [0.5, 0.6) is 0 Å². The van der Waals surface area contributed by atoms with Gasteiger partial charge in [0, 0.05) is 19.2 Å². The normalized spacial score (nSPS) is 11.2. The quantitative estimate of drug-likeness (QED) is 0.848. The predicted molar refractivity (Wildman–Crippen MR) is 89.9 cm³/mol. The molecule has 2 rings (SSSR count). The fraction of sp³-hybridized carbons (Fsp3) is 0.235. The van der Waals surface area contributed by atoms with E-state index in [1.54, 1.807) is 0 Å². The van der Waals surface area contributed by atoms with Gasteiger partial charge in [-0.15, -0.1) is 0 Å². The van der Waals surface area contributed by atoms with Crippen molar-refractivity contribution in [2.75, 3.05) is 13.6 Å². The highest BCUT2D eigenvalue weighted by Crippen LogP contribution is 2.11. The van der Waals surface area contributed by atoms with Gasteiger partial charge in [-0.3, -0.25) is 4.79 Å². The summed E-state index contributed by atoms with van der Waals surface area (Å²) in [5.74, 6) is -0.249. The zero-order valence-corrected chi connectivity index (χ0v) is 14.0. The van der Waals surface area contributed by atoms with Gasteiger partial charge < -0.3 is 5.32 Å². The van der Waals surface area contributed by atoms with Gasteiger partial charge in [0.25, 0.3) is 5.91 Å². The molecule has 1 amide bonds. The standard InChI is InChI=1S/C17H20N2O3S/c1-13-3-5-14(6-4-13)11-12-19-23(21,22)16-9-7-15(8-10-16)17(20)18-2/h3-10,19H,11-12H2,1-2H3,(H,18,20). The predicted octanol–water partition coefficient (Wildman–Crippen LogP) is 1.88. The van der Waals surface area contributed by atoms with E-state index in [-0.39, 0.29) is 10.8 Å². The van der Waals surface area contributed by atoms with Crippen LogP contribution in [0, 0.1) is 6.92 Å². The number of benzene rings is 2. The van der Waals surface area contributed by atoms with Gasteiger partial charge in [-0.2, -0.15) is 0 Å². The molecule has 0 unspecified atom stereocenters. The maximum atomic E-state index is 12.2. The van der Waals surface area contributed by atoms with Crippen molar-refractivity contribution in [1.29, 1.82) is 0 Å². The molecule has 0 aromatic heterocycles. The molecule has 0 bridgehead atoms. The molecule has 0 heterocycles. The first-order chi connectivity index (χ1) is 10.9. The Labute approximate surface area is 136 Å². The first-order valence-corrected chi connectivity index (χ1v) is 8.78. The van der Waals surface area contributed by atoms with E-state index in [2.05, 4.69) is 10.0 Å². The highest BCUT2D eigenvalue weighted by molar-refractivity contribution is 7.89. The summed E-state index contributed by atoms with van der Waals surface area (Å²) in [4.78, 5) is 11.6. The van der Waals surface area contributed by atoms with Gasteiger partial charge in [-0.1, -0.05) is 29.8 Å². The Hall–Kier alpha value is -2.18. The van der Waals surface area contributed by atoms with Gasteiger partial charge >= 0.3 is 0 Å². The summed E-state index contributed by atoms with van der Waals surface area (Å²) in [5.41, 5.74) is 2.67. The molecule has 0 fully saturated rings. The first-order valence-electron chi connectivity index (χ1n) is 7.30. The van der Waals surface area contributed by atoms with Crippen molar-refractivity contribution < 1.29 is 13.2 Å². The van der Waals surface area contributed by atoms with E-state index in [1.807, 2.05) is 31.2 Å². The van der Waals surface area contributed by atoms with Crippen molar-refractivity contribution in [2.24, 2.45) is 0 Å². The van der Waals surface area contributed by atoms with Crippen LogP contribution in [0.15, 0.2) is 53.4 Å². The van der Waals surface area contributed by atoms with Crippen LogP contribution in [0.25, 0.3) is 0 Å². The lowest BCUT2D eigenvalue weighted by atomic mass is 10.1. The Morgan fingerprint density at radius 3 is 2.17 bits per heavy atom. The number of hydrogen-bond acceptors (Lipinski definition) is 3. The van der Waals surface area contributed by atoms with Gasteiger partial charge in [-0.05, 0) is 43.2 Å². The number of rotatable bonds is 6. The number of carbonyl (C=O) groups is 1. The average Bonchev–Trinajstić information content (AvgIpc) is 2.56. The van der Waals surface area contributed by atoms with E-state index in [4.69, 9.17) is 0 Å². The smallest absolute Gasteiger partial charge is 0.251 e. The van der Waals surface area contributed by atoms with Gasteiger partial charge in [-0.25, -0.2) is 13.1 Å². The van der Waals surface area contributed by atoms with Crippen molar-refractivity contribution in [1.82, 2.24) is 10.0 Å². The van der Waals surface area contributed by atoms with Gasteiger partial charge in [0.2, 0.25) is 10.0 Å². The fourth-order valence-electron chi connectivity index (χ4n) is 2.10. The monoisotopic (exact) mass is 332 g/mol. The maximum Gasteiger partial charge on any atom is 0.251 e. The molecule has 0 aliphatic rings. The second-order valence-corrected chi connectivity index (χ2v) is 7.00. The molecule has 122 valence electrons. The molecule has 2 aromatic carbocycles. The molecule has 0 radical (unpaired) electrons. The molecule has 0 saturated heterocycles. The highest BCUT2D eigenvalue weighted by Gasteiger charge is 2.14. The molecular weight excluding hydrogens is 312 g/mol. The number of amides is 1. The SMILES string of the molecule is CNC(=O)c1ccc(S(=O)(=O)NCCc2ccc(C)cc2)cc1. The minimum absolute atomic E-state index is 0.147. The fourth-order valence-corrected chi connectivity index (χ4v) is 3.13. The van der Waals surface area contributed by atoms with E-state index < -0.39 is 10.0 Å². The largest absolute Gasteiger partial charge is 0.355 e. The highest BCUT2D eigenvalue weighted by atomic mass is 32.2. The summed E-state index contributed by atoms with van der Waals surface area (Å²) in [6.45, 7) is 2.33. The summed E-state index contributed by atoms with van der Waals surface area (Å²) >= 11 is 0. The Balaban J connectivity index is 1.98. The van der Waals surface area contributed by atoms with Gasteiger partial charge in [0.05, 0.1) is 4.90 Å². The summed E-state index contributed by atoms with van der Waals surface area (Å²) in [7, 11) is -2.04. The molecule has 23 heavy (non-hydrogen) atoms. The van der Waals surface area contributed by atoms with Crippen molar-refractivity contribution in [3.63, 3.8) is 0 Å². The van der Waals surface area contributed by atoms with Crippen molar-refractivity contribution >= 4 is 15.9 Å². The van der Waals surface area contributed by atoms with E-state index in [9.17, 15) is 13.2 Å². The molecular formula is C17H20N2O3S. The zero-order chi connectivity index (χ0) is 16.9. The second-order valence-electron chi connectivity index (χ2n) is 5.24. The molecule has 0 aliphatic carbocycles. The van der Waals surface area contributed by atoms with Crippen LogP contribution in [0.1, 0.15) is 21.5 Å². The van der Waals surface area contributed by atoms with E-state index >= 15 is 0 Å². The van der Waals surface area contributed by atoms with Crippen molar-refractivity contribution in [2.45, 2.75) is 18.2 Å². The number of hydrogen-bond donors (Lipinski definition) is 2.